The number of rotatable bonds is 4. The number of aliphatic hydroxyl groups excluding tert-OH is 1. The molecule has 3 unspecified atom stereocenters. The van der Waals surface area contributed by atoms with Gasteiger partial charge in [0.15, 0.2) is 0 Å². The van der Waals surface area contributed by atoms with Gasteiger partial charge in [-0.2, -0.15) is 0 Å². The Kier molecular flexibility index (Phi) is 4.99. The summed E-state index contributed by atoms with van der Waals surface area (Å²) in [6.45, 7) is 12.2. The molecule has 1 aliphatic heterocycles. The van der Waals surface area contributed by atoms with Crippen LogP contribution in [0, 0.1) is 11.3 Å². The monoisotopic (exact) mass is 242 g/mol. The maximum absolute atomic E-state index is 9.70. The molecule has 0 aromatic rings. The van der Waals surface area contributed by atoms with Crippen LogP contribution in [0.3, 0.4) is 0 Å². The van der Waals surface area contributed by atoms with Crippen LogP contribution in [0.5, 0.6) is 0 Å². The second-order valence-corrected chi connectivity index (χ2v) is 6.83. The van der Waals surface area contributed by atoms with E-state index in [1.165, 1.54) is 12.8 Å². The van der Waals surface area contributed by atoms with Crippen LogP contribution in [0.2, 0.25) is 0 Å². The Morgan fingerprint density at radius 1 is 1.35 bits per heavy atom. The highest BCUT2D eigenvalue weighted by Gasteiger charge is 2.38. The summed E-state index contributed by atoms with van der Waals surface area (Å²) >= 11 is 0. The minimum absolute atomic E-state index is 0.0202. The molecule has 102 valence electrons. The molecule has 1 fully saturated rings. The summed E-state index contributed by atoms with van der Waals surface area (Å²) in [6, 6.07) is 0.706. The summed E-state index contributed by atoms with van der Waals surface area (Å²) in [5.74, 6) is 0.638. The molecular weight excluding hydrogens is 212 g/mol. The fraction of sp³-hybridized carbons (Fsp3) is 1.00. The Hall–Kier alpha value is -0.120. The van der Waals surface area contributed by atoms with Crippen molar-refractivity contribution < 1.29 is 5.11 Å². The summed E-state index contributed by atoms with van der Waals surface area (Å²) in [6.07, 6.45) is 2.47. The maximum atomic E-state index is 9.70. The molecule has 0 aliphatic carbocycles. The predicted octanol–water partition coefficient (Wildman–Crippen LogP) is 1.84. The molecule has 3 nitrogen and oxygen atoms in total. The first kappa shape index (κ1) is 14.9. The molecule has 0 radical (unpaired) electrons. The molecule has 0 bridgehead atoms. The SMILES string of the molecule is CC(C)C1CCCN1C(CO)C(N)C(C)(C)C. The molecule has 3 heteroatoms. The van der Waals surface area contributed by atoms with E-state index < -0.39 is 0 Å². The van der Waals surface area contributed by atoms with E-state index in [0.29, 0.717) is 12.0 Å². The third-order valence-corrected chi connectivity index (χ3v) is 4.14. The lowest BCUT2D eigenvalue weighted by Crippen LogP contribution is -2.57. The molecule has 1 heterocycles. The van der Waals surface area contributed by atoms with Crippen molar-refractivity contribution in [2.24, 2.45) is 17.1 Å². The Morgan fingerprint density at radius 2 is 1.94 bits per heavy atom. The van der Waals surface area contributed by atoms with Gasteiger partial charge in [0, 0.05) is 18.1 Å². The number of hydrogen-bond donors (Lipinski definition) is 2. The predicted molar refractivity (Wildman–Crippen MR) is 72.9 cm³/mol. The summed E-state index contributed by atoms with van der Waals surface area (Å²) in [5, 5.41) is 9.70. The highest BCUT2D eigenvalue weighted by molar-refractivity contribution is 4.95. The van der Waals surface area contributed by atoms with E-state index in [1.807, 2.05) is 0 Å². The normalized spacial score (nSPS) is 26.5. The van der Waals surface area contributed by atoms with Crippen molar-refractivity contribution in [3.8, 4) is 0 Å². The number of nitrogens with two attached hydrogens (primary N) is 1. The molecule has 3 N–H and O–H groups in total. The molecule has 0 saturated carbocycles. The first-order chi connectivity index (χ1) is 7.79. The second-order valence-electron chi connectivity index (χ2n) is 6.83. The van der Waals surface area contributed by atoms with E-state index in [1.54, 1.807) is 0 Å². The van der Waals surface area contributed by atoms with Gasteiger partial charge in [0.2, 0.25) is 0 Å². The Bertz CT molecular complexity index is 235. The van der Waals surface area contributed by atoms with Gasteiger partial charge in [0.05, 0.1) is 6.61 Å². The molecule has 17 heavy (non-hydrogen) atoms. The lowest BCUT2D eigenvalue weighted by atomic mass is 9.82. The van der Waals surface area contributed by atoms with Gasteiger partial charge in [-0.1, -0.05) is 34.6 Å². The average molecular weight is 242 g/mol. The van der Waals surface area contributed by atoms with Gasteiger partial charge < -0.3 is 10.8 Å². The highest BCUT2D eigenvalue weighted by Crippen LogP contribution is 2.30. The number of likely N-dealkylation sites (tertiary alicyclic amines) is 1. The molecule has 1 saturated heterocycles. The fourth-order valence-electron chi connectivity index (χ4n) is 2.94. The molecule has 3 atom stereocenters. The molecule has 0 amide bonds. The standard InChI is InChI=1S/C14H30N2O/c1-10(2)11-7-6-8-16(11)12(9-17)13(15)14(3,4)5/h10-13,17H,6-9,15H2,1-5H3. The van der Waals surface area contributed by atoms with E-state index >= 15 is 0 Å². The van der Waals surface area contributed by atoms with E-state index in [-0.39, 0.29) is 24.1 Å². The van der Waals surface area contributed by atoms with Crippen molar-refractivity contribution in [1.29, 1.82) is 0 Å². The van der Waals surface area contributed by atoms with Gasteiger partial charge >= 0.3 is 0 Å². The molecule has 1 aliphatic rings. The lowest BCUT2D eigenvalue weighted by molar-refractivity contribution is 0.0492. The van der Waals surface area contributed by atoms with Gasteiger partial charge in [-0.05, 0) is 30.7 Å². The van der Waals surface area contributed by atoms with Crippen molar-refractivity contribution in [1.82, 2.24) is 4.90 Å². The number of hydrogen-bond acceptors (Lipinski definition) is 3. The Morgan fingerprint density at radius 3 is 2.35 bits per heavy atom. The minimum atomic E-state index is 0.0202. The maximum Gasteiger partial charge on any atom is 0.0602 e. The van der Waals surface area contributed by atoms with Crippen LogP contribution in [-0.4, -0.2) is 41.3 Å². The largest absolute Gasteiger partial charge is 0.395 e. The zero-order valence-corrected chi connectivity index (χ0v) is 12.1. The number of aliphatic hydroxyl groups is 1. The third kappa shape index (κ3) is 3.43. The second kappa shape index (κ2) is 5.68. The zero-order valence-electron chi connectivity index (χ0n) is 12.1. The molecular formula is C14H30N2O. The third-order valence-electron chi connectivity index (χ3n) is 4.14. The summed E-state index contributed by atoms with van der Waals surface area (Å²) in [7, 11) is 0. The minimum Gasteiger partial charge on any atom is -0.395 e. The van der Waals surface area contributed by atoms with E-state index in [4.69, 9.17) is 5.73 Å². The van der Waals surface area contributed by atoms with E-state index in [0.717, 1.165) is 6.54 Å². The summed E-state index contributed by atoms with van der Waals surface area (Å²) < 4.78 is 0. The van der Waals surface area contributed by atoms with Gasteiger partial charge in [-0.25, -0.2) is 0 Å². The van der Waals surface area contributed by atoms with Crippen molar-refractivity contribution in [2.75, 3.05) is 13.2 Å². The van der Waals surface area contributed by atoms with Crippen LogP contribution in [0.15, 0.2) is 0 Å². The van der Waals surface area contributed by atoms with Crippen LogP contribution in [0.4, 0.5) is 0 Å². The van der Waals surface area contributed by atoms with Gasteiger partial charge in [-0.15, -0.1) is 0 Å². The number of nitrogens with zero attached hydrogens (tertiary/aromatic N) is 1. The first-order valence-electron chi connectivity index (χ1n) is 6.91. The van der Waals surface area contributed by atoms with Crippen LogP contribution < -0.4 is 5.73 Å². The first-order valence-corrected chi connectivity index (χ1v) is 6.91. The van der Waals surface area contributed by atoms with Crippen molar-refractivity contribution in [3.05, 3.63) is 0 Å². The topological polar surface area (TPSA) is 49.5 Å². The Balaban J connectivity index is 2.80. The van der Waals surface area contributed by atoms with Crippen LogP contribution >= 0.6 is 0 Å². The summed E-state index contributed by atoms with van der Waals surface area (Å²) in [4.78, 5) is 2.45. The van der Waals surface area contributed by atoms with E-state index in [2.05, 4.69) is 39.5 Å². The van der Waals surface area contributed by atoms with Crippen molar-refractivity contribution in [3.63, 3.8) is 0 Å². The van der Waals surface area contributed by atoms with Crippen molar-refractivity contribution in [2.45, 2.75) is 65.6 Å². The van der Waals surface area contributed by atoms with E-state index in [9.17, 15) is 5.11 Å². The zero-order chi connectivity index (χ0) is 13.2. The molecule has 1 rings (SSSR count). The molecule has 0 aromatic carbocycles. The molecule has 0 spiro atoms. The fourth-order valence-corrected chi connectivity index (χ4v) is 2.94. The van der Waals surface area contributed by atoms with Gasteiger partial charge in [0.25, 0.3) is 0 Å². The molecule has 0 aromatic heterocycles. The summed E-state index contributed by atoms with van der Waals surface area (Å²) in [5.41, 5.74) is 6.39. The average Bonchev–Trinajstić information content (AvgIpc) is 2.66. The van der Waals surface area contributed by atoms with Crippen LogP contribution in [0.1, 0.15) is 47.5 Å². The quantitative estimate of drug-likeness (QED) is 0.791. The lowest BCUT2D eigenvalue weighted by Gasteiger charge is -2.42. The Labute approximate surface area is 106 Å². The van der Waals surface area contributed by atoms with Crippen LogP contribution in [-0.2, 0) is 0 Å². The van der Waals surface area contributed by atoms with Gasteiger partial charge in [-0.3, -0.25) is 4.90 Å². The van der Waals surface area contributed by atoms with Crippen molar-refractivity contribution >= 4 is 0 Å². The van der Waals surface area contributed by atoms with Crippen LogP contribution in [0.25, 0.3) is 0 Å². The highest BCUT2D eigenvalue weighted by atomic mass is 16.3. The van der Waals surface area contributed by atoms with Gasteiger partial charge in [0.1, 0.15) is 0 Å². The smallest absolute Gasteiger partial charge is 0.0602 e.